The summed E-state index contributed by atoms with van der Waals surface area (Å²) in [5.74, 6) is -0.743. The van der Waals surface area contributed by atoms with Gasteiger partial charge in [-0.15, -0.1) is 0 Å². The zero-order valence-electron chi connectivity index (χ0n) is 13.5. The summed E-state index contributed by atoms with van der Waals surface area (Å²) in [5.41, 5.74) is 1.70. The fourth-order valence-corrected chi connectivity index (χ4v) is 3.54. The zero-order valence-corrected chi connectivity index (χ0v) is 14.3. The standard InChI is InChI=1S/C19H13N3O3S/c23-17-12-6-2-4-8-15(12)21-19(22-17)26-10-16-13(18(24)25)9-11-5-1-3-7-14(11)20-16/h1-9H,10H2,(H,24,25)(H,21,22,23). The summed E-state index contributed by atoms with van der Waals surface area (Å²) in [5, 5.41) is 11.2. The van der Waals surface area contributed by atoms with Crippen LogP contribution in [0.4, 0.5) is 0 Å². The molecule has 0 radical (unpaired) electrons. The van der Waals surface area contributed by atoms with Gasteiger partial charge in [0, 0.05) is 11.1 Å². The van der Waals surface area contributed by atoms with Gasteiger partial charge in [-0.2, -0.15) is 0 Å². The molecule has 2 N–H and O–H groups in total. The number of pyridine rings is 1. The number of aromatic carboxylic acids is 1. The quantitative estimate of drug-likeness (QED) is 0.426. The first-order chi connectivity index (χ1) is 12.6. The third-order valence-corrected chi connectivity index (χ3v) is 4.85. The van der Waals surface area contributed by atoms with Crippen LogP contribution in [0.25, 0.3) is 21.8 Å². The summed E-state index contributed by atoms with van der Waals surface area (Å²) in [6.45, 7) is 0. The fraction of sp³-hybridized carbons (Fsp3) is 0.0526. The lowest BCUT2D eigenvalue weighted by molar-refractivity contribution is 0.0695. The highest BCUT2D eigenvalue weighted by atomic mass is 32.2. The number of nitrogens with one attached hydrogen (secondary N) is 1. The van der Waals surface area contributed by atoms with E-state index in [-0.39, 0.29) is 16.9 Å². The molecule has 0 saturated carbocycles. The Balaban J connectivity index is 1.70. The van der Waals surface area contributed by atoms with Gasteiger partial charge in [-0.1, -0.05) is 42.1 Å². The molecule has 0 aliphatic rings. The summed E-state index contributed by atoms with van der Waals surface area (Å²) in [6, 6.07) is 16.1. The predicted octanol–water partition coefficient (Wildman–Crippen LogP) is 3.46. The number of rotatable bonds is 4. The third-order valence-electron chi connectivity index (χ3n) is 3.97. The lowest BCUT2D eigenvalue weighted by Crippen LogP contribution is -2.09. The van der Waals surface area contributed by atoms with Crippen LogP contribution >= 0.6 is 11.8 Å². The van der Waals surface area contributed by atoms with Crippen LogP contribution in [-0.2, 0) is 5.75 Å². The Morgan fingerprint density at radius 2 is 1.77 bits per heavy atom. The predicted molar refractivity (Wildman–Crippen MR) is 101 cm³/mol. The summed E-state index contributed by atoms with van der Waals surface area (Å²) in [6.07, 6.45) is 0. The number of benzene rings is 2. The van der Waals surface area contributed by atoms with Crippen molar-refractivity contribution in [1.82, 2.24) is 15.0 Å². The number of H-pyrrole nitrogens is 1. The van der Waals surface area contributed by atoms with Crippen LogP contribution in [0.3, 0.4) is 0 Å². The summed E-state index contributed by atoms with van der Waals surface area (Å²) >= 11 is 1.25. The number of hydrogen-bond acceptors (Lipinski definition) is 5. The van der Waals surface area contributed by atoms with Gasteiger partial charge in [0.05, 0.1) is 27.7 Å². The molecule has 0 fully saturated rings. The molecular formula is C19H13N3O3S. The van der Waals surface area contributed by atoms with Gasteiger partial charge >= 0.3 is 5.97 Å². The summed E-state index contributed by atoms with van der Waals surface area (Å²) in [4.78, 5) is 35.3. The molecule has 4 aromatic rings. The Kier molecular flexibility index (Phi) is 4.14. The van der Waals surface area contributed by atoms with E-state index in [1.165, 1.54) is 11.8 Å². The van der Waals surface area contributed by atoms with Crippen LogP contribution in [0.5, 0.6) is 0 Å². The number of hydrogen-bond donors (Lipinski definition) is 2. The molecule has 6 nitrogen and oxygen atoms in total. The molecule has 26 heavy (non-hydrogen) atoms. The second kappa shape index (κ2) is 6.61. The van der Waals surface area contributed by atoms with Crippen LogP contribution in [-0.4, -0.2) is 26.0 Å². The minimum Gasteiger partial charge on any atom is -0.478 e. The average Bonchev–Trinajstić information content (AvgIpc) is 2.65. The maximum absolute atomic E-state index is 12.1. The second-order valence-corrected chi connectivity index (χ2v) is 6.62. The number of para-hydroxylation sites is 2. The number of carbonyl (C=O) groups is 1. The number of carboxylic acids is 1. The topological polar surface area (TPSA) is 95.9 Å². The maximum Gasteiger partial charge on any atom is 0.337 e. The molecule has 2 heterocycles. The van der Waals surface area contributed by atoms with Crippen LogP contribution in [0.1, 0.15) is 16.1 Å². The van der Waals surface area contributed by atoms with Crippen molar-refractivity contribution in [3.8, 4) is 0 Å². The Hall–Kier alpha value is -3.19. The van der Waals surface area contributed by atoms with Gasteiger partial charge in [0.15, 0.2) is 5.16 Å². The van der Waals surface area contributed by atoms with E-state index in [9.17, 15) is 14.7 Å². The van der Waals surface area contributed by atoms with E-state index in [0.29, 0.717) is 21.8 Å². The Labute approximate surface area is 151 Å². The average molecular weight is 363 g/mol. The number of fused-ring (bicyclic) bond motifs is 2. The van der Waals surface area contributed by atoms with Crippen molar-refractivity contribution in [2.24, 2.45) is 0 Å². The van der Waals surface area contributed by atoms with Crippen LogP contribution in [0.15, 0.2) is 64.5 Å². The molecule has 0 aliphatic heterocycles. The minimum atomic E-state index is -1.03. The van der Waals surface area contributed by atoms with Gasteiger partial charge in [-0.3, -0.25) is 9.78 Å². The van der Waals surface area contributed by atoms with E-state index in [1.54, 1.807) is 24.3 Å². The molecule has 0 amide bonds. The number of thioether (sulfide) groups is 1. The Bertz CT molecular complexity index is 1200. The summed E-state index contributed by atoms with van der Waals surface area (Å²) < 4.78 is 0. The normalized spacial score (nSPS) is 11.1. The van der Waals surface area contributed by atoms with Crippen molar-refractivity contribution in [1.29, 1.82) is 0 Å². The monoisotopic (exact) mass is 363 g/mol. The third kappa shape index (κ3) is 3.04. The van der Waals surface area contributed by atoms with Crippen molar-refractivity contribution >= 4 is 39.5 Å². The SMILES string of the molecule is O=C(O)c1cc2ccccc2nc1CSc1nc2ccccc2c(=O)[nH]1. The van der Waals surface area contributed by atoms with Crippen molar-refractivity contribution in [2.75, 3.05) is 0 Å². The number of nitrogens with zero attached hydrogens (tertiary/aromatic N) is 2. The molecule has 0 spiro atoms. The molecule has 0 saturated heterocycles. The van der Waals surface area contributed by atoms with Gasteiger partial charge in [-0.05, 0) is 24.3 Å². The van der Waals surface area contributed by atoms with E-state index in [0.717, 1.165) is 10.9 Å². The molecule has 0 unspecified atom stereocenters. The number of aromatic amines is 1. The zero-order chi connectivity index (χ0) is 18.1. The Morgan fingerprint density at radius 3 is 2.58 bits per heavy atom. The molecule has 128 valence electrons. The number of carboxylic acid groups (broad SMARTS) is 1. The van der Waals surface area contributed by atoms with Gasteiger partial charge in [0.2, 0.25) is 0 Å². The van der Waals surface area contributed by atoms with Gasteiger partial charge in [0.1, 0.15) is 0 Å². The largest absolute Gasteiger partial charge is 0.478 e. The molecule has 0 atom stereocenters. The highest BCUT2D eigenvalue weighted by Crippen LogP contribution is 2.24. The number of aromatic nitrogens is 3. The van der Waals surface area contributed by atoms with Gasteiger partial charge in [0.25, 0.3) is 5.56 Å². The Morgan fingerprint density at radius 1 is 1.04 bits per heavy atom. The minimum absolute atomic E-state index is 0.152. The second-order valence-electron chi connectivity index (χ2n) is 5.66. The van der Waals surface area contributed by atoms with Crippen molar-refractivity contribution in [3.05, 3.63) is 76.2 Å². The van der Waals surface area contributed by atoms with Gasteiger partial charge in [-0.25, -0.2) is 9.78 Å². The van der Waals surface area contributed by atoms with Crippen LogP contribution in [0.2, 0.25) is 0 Å². The van der Waals surface area contributed by atoms with Crippen molar-refractivity contribution in [3.63, 3.8) is 0 Å². The lowest BCUT2D eigenvalue weighted by Gasteiger charge is -2.08. The van der Waals surface area contributed by atoms with Crippen molar-refractivity contribution in [2.45, 2.75) is 10.9 Å². The van der Waals surface area contributed by atoms with Crippen molar-refractivity contribution < 1.29 is 9.90 Å². The molecule has 2 aromatic carbocycles. The first kappa shape index (κ1) is 16.3. The van der Waals surface area contributed by atoms with E-state index in [4.69, 9.17) is 0 Å². The molecule has 0 aliphatic carbocycles. The highest BCUT2D eigenvalue weighted by Gasteiger charge is 2.14. The molecular weight excluding hydrogens is 350 g/mol. The van der Waals surface area contributed by atoms with Crippen LogP contribution in [0, 0.1) is 0 Å². The van der Waals surface area contributed by atoms with E-state index in [2.05, 4.69) is 15.0 Å². The highest BCUT2D eigenvalue weighted by molar-refractivity contribution is 7.98. The van der Waals surface area contributed by atoms with E-state index >= 15 is 0 Å². The van der Waals surface area contributed by atoms with Gasteiger partial charge < -0.3 is 10.1 Å². The fourth-order valence-electron chi connectivity index (χ4n) is 2.72. The lowest BCUT2D eigenvalue weighted by atomic mass is 10.1. The molecule has 4 rings (SSSR count). The smallest absolute Gasteiger partial charge is 0.337 e. The van der Waals surface area contributed by atoms with Crippen LogP contribution < -0.4 is 5.56 Å². The molecule has 0 bridgehead atoms. The maximum atomic E-state index is 12.1. The molecule has 7 heteroatoms. The first-order valence-corrected chi connectivity index (χ1v) is 8.84. The molecule has 2 aromatic heterocycles. The van der Waals surface area contributed by atoms with E-state index in [1.807, 2.05) is 30.3 Å². The van der Waals surface area contributed by atoms with E-state index < -0.39 is 5.97 Å². The first-order valence-electron chi connectivity index (χ1n) is 7.85. The summed E-state index contributed by atoms with van der Waals surface area (Å²) in [7, 11) is 0.